The Bertz CT molecular complexity index is 1500. The lowest BCUT2D eigenvalue weighted by Crippen LogP contribution is -2.51. The first-order valence-electron chi connectivity index (χ1n) is 15.6. The number of hydrogen-bond donors (Lipinski definition) is 2. The highest BCUT2D eigenvalue weighted by Gasteiger charge is 2.40. The van der Waals surface area contributed by atoms with Gasteiger partial charge >= 0.3 is 0 Å². The zero-order chi connectivity index (χ0) is 32.7. The lowest BCUT2D eigenvalue weighted by Gasteiger charge is -2.35. The van der Waals surface area contributed by atoms with E-state index >= 15 is 0 Å². The fourth-order valence-electron chi connectivity index (χ4n) is 6.12. The molecule has 13 heteroatoms. The molecule has 0 unspecified atom stereocenters. The summed E-state index contributed by atoms with van der Waals surface area (Å²) in [7, 11) is 1.60. The molecule has 0 bridgehead atoms. The van der Waals surface area contributed by atoms with Gasteiger partial charge in [0.05, 0.1) is 0 Å². The first kappa shape index (κ1) is 32.9. The highest BCUT2D eigenvalue weighted by Crippen LogP contribution is 2.37. The van der Waals surface area contributed by atoms with E-state index in [0.29, 0.717) is 37.4 Å². The van der Waals surface area contributed by atoms with Crippen LogP contribution in [0.4, 0.5) is 14.5 Å². The number of carbonyl (C=O) groups excluding carboxylic acids is 3. The lowest BCUT2D eigenvalue weighted by molar-refractivity contribution is -0.134. The summed E-state index contributed by atoms with van der Waals surface area (Å²) in [4.78, 5) is 55.2. The van der Waals surface area contributed by atoms with Crippen LogP contribution in [0.5, 0.6) is 0 Å². The average molecular weight is 636 g/mol. The number of benzene rings is 2. The summed E-state index contributed by atoms with van der Waals surface area (Å²) in [5.74, 6) is -4.61. The Morgan fingerprint density at radius 2 is 1.63 bits per heavy atom. The van der Waals surface area contributed by atoms with E-state index in [9.17, 15) is 28.1 Å². The Labute approximate surface area is 266 Å². The maximum absolute atomic E-state index is 13.9. The number of aryl methyl sites for hydroxylation is 1. The van der Waals surface area contributed by atoms with E-state index in [2.05, 4.69) is 37.9 Å². The number of rotatable bonds is 11. The molecule has 2 N–H and O–H groups in total. The molecule has 11 nitrogen and oxygen atoms in total. The van der Waals surface area contributed by atoms with Crippen LogP contribution < -0.4 is 10.6 Å². The third-order valence-electron chi connectivity index (χ3n) is 8.85. The second-order valence-corrected chi connectivity index (χ2v) is 12.1. The van der Waals surface area contributed by atoms with Gasteiger partial charge in [0.15, 0.2) is 6.04 Å². The monoisotopic (exact) mass is 635 g/mol. The molecule has 1 saturated heterocycles. The van der Waals surface area contributed by atoms with Gasteiger partial charge in [0.25, 0.3) is 11.8 Å². The molecule has 3 amide bonds. The standard InChI is InChI=1S/C33H39F2N7O4/c1-40-28(13-16-36-40)30(43)38-29(25-11-14-33(34,35)15-12-25)31(44)37-26-9-7-23(8-10-26)21-27(39-46)32(45)42-19-17-41(18-20-42)22-24-5-3-2-4-6-24/h2-10,13,16,25,27,29H,11-12,14-15,17-22H2,1H3,(H,37,44)(H,38,43)/t27-,29+/m1/s1. The van der Waals surface area contributed by atoms with Gasteiger partial charge in [-0.15, -0.1) is 4.91 Å². The van der Waals surface area contributed by atoms with Crippen molar-refractivity contribution < 1.29 is 23.2 Å². The molecule has 46 heavy (non-hydrogen) atoms. The Balaban J connectivity index is 1.17. The van der Waals surface area contributed by atoms with E-state index in [-0.39, 0.29) is 43.7 Å². The predicted molar refractivity (Wildman–Crippen MR) is 168 cm³/mol. The van der Waals surface area contributed by atoms with Crippen LogP contribution in [0, 0.1) is 10.8 Å². The minimum absolute atomic E-state index is 0.0892. The van der Waals surface area contributed by atoms with Crippen LogP contribution in [0.1, 0.15) is 47.3 Å². The molecule has 0 radical (unpaired) electrons. The number of nitrogens with zero attached hydrogens (tertiary/aromatic N) is 5. The van der Waals surface area contributed by atoms with Gasteiger partial charge in [0, 0.05) is 70.9 Å². The van der Waals surface area contributed by atoms with Gasteiger partial charge < -0.3 is 15.5 Å². The molecule has 1 aliphatic carbocycles. The number of amides is 3. The first-order chi connectivity index (χ1) is 22.1. The van der Waals surface area contributed by atoms with Crippen molar-refractivity contribution in [1.29, 1.82) is 0 Å². The van der Waals surface area contributed by atoms with Crippen LogP contribution in [0.2, 0.25) is 0 Å². The van der Waals surface area contributed by atoms with Crippen molar-refractivity contribution in [2.75, 3.05) is 31.5 Å². The summed E-state index contributed by atoms with van der Waals surface area (Å²) in [6, 6.07) is 16.2. The number of piperazine rings is 1. The van der Waals surface area contributed by atoms with Crippen LogP contribution in [-0.2, 0) is 29.6 Å². The number of alkyl halides is 2. The van der Waals surface area contributed by atoms with E-state index in [1.807, 2.05) is 18.2 Å². The summed E-state index contributed by atoms with van der Waals surface area (Å²) in [5.41, 5.74) is 2.56. The molecular weight excluding hydrogens is 596 g/mol. The molecule has 2 heterocycles. The van der Waals surface area contributed by atoms with Crippen molar-refractivity contribution in [2.24, 2.45) is 18.1 Å². The predicted octanol–water partition coefficient (Wildman–Crippen LogP) is 4.00. The quantitative estimate of drug-likeness (QED) is 0.307. The summed E-state index contributed by atoms with van der Waals surface area (Å²) in [6.45, 7) is 3.23. The maximum Gasteiger partial charge on any atom is 0.270 e. The maximum atomic E-state index is 13.9. The molecule has 244 valence electrons. The van der Waals surface area contributed by atoms with E-state index in [1.165, 1.54) is 22.5 Å². The summed E-state index contributed by atoms with van der Waals surface area (Å²) in [5, 5.41) is 12.6. The van der Waals surface area contributed by atoms with Crippen molar-refractivity contribution in [3.63, 3.8) is 0 Å². The molecule has 1 aliphatic heterocycles. The van der Waals surface area contributed by atoms with Gasteiger partial charge in [0.2, 0.25) is 11.8 Å². The van der Waals surface area contributed by atoms with Crippen LogP contribution in [0.3, 0.4) is 0 Å². The van der Waals surface area contributed by atoms with E-state index in [1.54, 1.807) is 36.2 Å². The van der Waals surface area contributed by atoms with Crippen LogP contribution in [0.15, 0.2) is 72.0 Å². The number of aromatic nitrogens is 2. The number of hydrogen-bond acceptors (Lipinski definition) is 7. The van der Waals surface area contributed by atoms with Crippen molar-refractivity contribution in [2.45, 2.75) is 56.7 Å². The minimum atomic E-state index is -2.79. The molecule has 3 aromatic rings. The normalized spacial score (nSPS) is 18.4. The Kier molecular flexibility index (Phi) is 10.5. The fraction of sp³-hybridized carbons (Fsp3) is 0.455. The third-order valence-corrected chi connectivity index (χ3v) is 8.85. The SMILES string of the molecule is Cn1nccc1C(=O)N[C@H](C(=O)Nc1ccc(C[C@@H](N=O)C(=O)N2CCN(Cc3ccccc3)CC2)cc1)C1CCC(F)(F)CC1. The second-order valence-electron chi connectivity index (χ2n) is 12.1. The van der Waals surface area contributed by atoms with E-state index in [4.69, 9.17) is 0 Å². The molecule has 0 spiro atoms. The average Bonchev–Trinajstić information content (AvgIpc) is 3.49. The van der Waals surface area contributed by atoms with Crippen molar-refractivity contribution >= 4 is 23.4 Å². The highest BCUT2D eigenvalue weighted by atomic mass is 19.3. The van der Waals surface area contributed by atoms with Crippen molar-refractivity contribution in [1.82, 2.24) is 24.9 Å². The third kappa shape index (κ3) is 8.39. The number of anilines is 1. The Hall–Kier alpha value is -4.52. The number of halogens is 2. The smallest absolute Gasteiger partial charge is 0.270 e. The molecular formula is C33H39F2N7O4. The molecule has 2 fully saturated rings. The van der Waals surface area contributed by atoms with Gasteiger partial charge in [-0.2, -0.15) is 5.10 Å². The fourth-order valence-corrected chi connectivity index (χ4v) is 6.12. The summed E-state index contributed by atoms with van der Waals surface area (Å²) < 4.78 is 29.1. The van der Waals surface area contributed by atoms with Gasteiger partial charge in [-0.05, 0) is 48.1 Å². The molecule has 2 atom stereocenters. The van der Waals surface area contributed by atoms with Gasteiger partial charge in [-0.1, -0.05) is 47.6 Å². The summed E-state index contributed by atoms with van der Waals surface area (Å²) >= 11 is 0. The first-order valence-corrected chi connectivity index (χ1v) is 15.6. The van der Waals surface area contributed by atoms with Crippen LogP contribution in [-0.4, -0.2) is 81.5 Å². The highest BCUT2D eigenvalue weighted by molar-refractivity contribution is 6.00. The molecule has 1 saturated carbocycles. The number of nitrogens with one attached hydrogen (secondary N) is 2. The number of carbonyl (C=O) groups is 3. The minimum Gasteiger partial charge on any atom is -0.339 e. The van der Waals surface area contributed by atoms with E-state index in [0.717, 1.165) is 6.54 Å². The summed E-state index contributed by atoms with van der Waals surface area (Å²) in [6.07, 6.45) is 1.04. The topological polar surface area (TPSA) is 129 Å². The number of nitroso groups, excluding NO2 is 1. The van der Waals surface area contributed by atoms with Gasteiger partial charge in [-0.25, -0.2) is 8.78 Å². The zero-order valence-electron chi connectivity index (χ0n) is 25.8. The van der Waals surface area contributed by atoms with Gasteiger partial charge in [0.1, 0.15) is 11.7 Å². The second kappa shape index (κ2) is 14.7. The zero-order valence-corrected chi connectivity index (χ0v) is 25.8. The van der Waals surface area contributed by atoms with Crippen molar-refractivity contribution in [3.05, 3.63) is 88.6 Å². The lowest BCUT2D eigenvalue weighted by atomic mass is 9.81. The van der Waals surface area contributed by atoms with Crippen LogP contribution >= 0.6 is 0 Å². The Morgan fingerprint density at radius 3 is 2.24 bits per heavy atom. The van der Waals surface area contributed by atoms with Crippen LogP contribution in [0.25, 0.3) is 0 Å². The van der Waals surface area contributed by atoms with Crippen molar-refractivity contribution in [3.8, 4) is 0 Å². The largest absolute Gasteiger partial charge is 0.339 e. The molecule has 2 aliphatic rings. The van der Waals surface area contributed by atoms with Gasteiger partial charge in [-0.3, -0.25) is 24.0 Å². The molecule has 1 aromatic heterocycles. The Morgan fingerprint density at radius 1 is 0.957 bits per heavy atom. The van der Waals surface area contributed by atoms with E-state index < -0.39 is 35.7 Å². The molecule has 2 aromatic carbocycles. The molecule has 5 rings (SSSR count).